The van der Waals surface area contributed by atoms with E-state index < -0.39 is 0 Å². The van der Waals surface area contributed by atoms with Gasteiger partial charge in [-0.3, -0.25) is 9.59 Å². The molecule has 5 heteroatoms. The summed E-state index contributed by atoms with van der Waals surface area (Å²) in [5.41, 5.74) is 0.0923. The number of H-pyrrole nitrogens is 1. The number of hydrogen-bond acceptors (Lipinski definition) is 3. The average molecular weight is 222 g/mol. The second-order valence-corrected chi connectivity index (χ2v) is 3.92. The van der Waals surface area contributed by atoms with Crippen molar-refractivity contribution in [1.29, 1.82) is 0 Å². The van der Waals surface area contributed by atoms with Crippen molar-refractivity contribution in [1.82, 2.24) is 9.88 Å². The van der Waals surface area contributed by atoms with Crippen molar-refractivity contribution in [3.8, 4) is 0 Å². The highest BCUT2D eigenvalue weighted by molar-refractivity contribution is 5.94. The minimum atomic E-state index is -0.286. The Bertz CT molecular complexity index is 441. The summed E-state index contributed by atoms with van der Waals surface area (Å²) in [7, 11) is 0. The van der Waals surface area contributed by atoms with Gasteiger partial charge in [0.2, 0.25) is 5.56 Å². The lowest BCUT2D eigenvalue weighted by atomic mass is 10.2. The van der Waals surface area contributed by atoms with Gasteiger partial charge in [-0.15, -0.1) is 0 Å². The molecule has 0 radical (unpaired) electrons. The summed E-state index contributed by atoms with van der Waals surface area (Å²) in [6.45, 7) is 0.631. The first-order chi connectivity index (χ1) is 7.72. The van der Waals surface area contributed by atoms with E-state index in [-0.39, 0.29) is 24.1 Å². The highest BCUT2D eigenvalue weighted by atomic mass is 16.3. The Labute approximate surface area is 92.7 Å². The molecule has 2 rings (SSSR count). The van der Waals surface area contributed by atoms with Crippen molar-refractivity contribution in [2.24, 2.45) is 0 Å². The number of amides is 1. The van der Waals surface area contributed by atoms with Crippen LogP contribution >= 0.6 is 0 Å². The van der Waals surface area contributed by atoms with Gasteiger partial charge >= 0.3 is 0 Å². The van der Waals surface area contributed by atoms with E-state index in [9.17, 15) is 9.59 Å². The van der Waals surface area contributed by atoms with Crippen LogP contribution in [-0.2, 0) is 0 Å². The Morgan fingerprint density at radius 2 is 2.44 bits per heavy atom. The van der Waals surface area contributed by atoms with Gasteiger partial charge in [0, 0.05) is 24.4 Å². The predicted molar refractivity (Wildman–Crippen MR) is 58.2 cm³/mol. The molecule has 1 unspecified atom stereocenters. The molecule has 1 amide bonds. The van der Waals surface area contributed by atoms with Gasteiger partial charge in [0.05, 0.1) is 12.6 Å². The summed E-state index contributed by atoms with van der Waals surface area (Å²) in [5, 5.41) is 9.13. The topological polar surface area (TPSA) is 73.4 Å². The van der Waals surface area contributed by atoms with Gasteiger partial charge in [-0.2, -0.15) is 0 Å². The van der Waals surface area contributed by atoms with Gasteiger partial charge in [-0.1, -0.05) is 0 Å². The minimum absolute atomic E-state index is 0.0189. The quantitative estimate of drug-likeness (QED) is 0.738. The molecule has 1 aliphatic rings. The maximum absolute atomic E-state index is 12.0. The number of pyridine rings is 1. The highest BCUT2D eigenvalue weighted by Crippen LogP contribution is 2.18. The third-order valence-electron chi connectivity index (χ3n) is 2.87. The SMILES string of the molecule is O=C(c1cc[nH]c(=O)c1)N1CCCC1CO. The molecule has 0 aliphatic carbocycles. The molecular weight excluding hydrogens is 208 g/mol. The summed E-state index contributed by atoms with van der Waals surface area (Å²) in [5.74, 6) is -0.178. The zero-order chi connectivity index (χ0) is 11.5. The monoisotopic (exact) mass is 222 g/mol. The number of aliphatic hydroxyl groups excluding tert-OH is 1. The first-order valence-corrected chi connectivity index (χ1v) is 5.33. The van der Waals surface area contributed by atoms with Crippen molar-refractivity contribution in [2.45, 2.75) is 18.9 Å². The number of likely N-dealkylation sites (tertiary alicyclic amines) is 1. The molecule has 1 saturated heterocycles. The van der Waals surface area contributed by atoms with E-state index in [0.717, 1.165) is 12.8 Å². The molecule has 1 fully saturated rings. The molecule has 0 spiro atoms. The Kier molecular flexibility index (Phi) is 3.05. The molecule has 86 valence electrons. The number of carbonyl (C=O) groups is 1. The van der Waals surface area contributed by atoms with Gasteiger partial charge in [0.1, 0.15) is 0 Å². The lowest BCUT2D eigenvalue weighted by molar-refractivity contribution is 0.0677. The molecule has 1 aliphatic heterocycles. The van der Waals surface area contributed by atoms with Crippen molar-refractivity contribution in [2.75, 3.05) is 13.2 Å². The molecule has 16 heavy (non-hydrogen) atoms. The average Bonchev–Trinajstić information content (AvgIpc) is 2.76. The van der Waals surface area contributed by atoms with Crippen molar-refractivity contribution in [3.05, 3.63) is 34.2 Å². The van der Waals surface area contributed by atoms with Crippen LogP contribution in [0.5, 0.6) is 0 Å². The van der Waals surface area contributed by atoms with Crippen LogP contribution < -0.4 is 5.56 Å². The molecule has 1 atom stereocenters. The summed E-state index contributed by atoms with van der Waals surface area (Å²) >= 11 is 0. The van der Waals surface area contributed by atoms with Gasteiger partial charge in [0.25, 0.3) is 5.91 Å². The van der Waals surface area contributed by atoms with Crippen LogP contribution in [0.4, 0.5) is 0 Å². The normalized spacial score (nSPS) is 20.1. The van der Waals surface area contributed by atoms with E-state index >= 15 is 0 Å². The molecule has 5 nitrogen and oxygen atoms in total. The molecule has 1 aromatic heterocycles. The summed E-state index contributed by atoms with van der Waals surface area (Å²) in [6.07, 6.45) is 3.19. The number of aromatic nitrogens is 1. The van der Waals surface area contributed by atoms with Crippen LogP contribution in [0.25, 0.3) is 0 Å². The molecule has 2 N–H and O–H groups in total. The fourth-order valence-corrected chi connectivity index (χ4v) is 2.04. The number of aromatic amines is 1. The zero-order valence-electron chi connectivity index (χ0n) is 8.85. The maximum Gasteiger partial charge on any atom is 0.254 e. The van der Waals surface area contributed by atoms with E-state index in [0.29, 0.717) is 12.1 Å². The fourth-order valence-electron chi connectivity index (χ4n) is 2.04. The lowest BCUT2D eigenvalue weighted by Gasteiger charge is -2.22. The third kappa shape index (κ3) is 1.99. The van der Waals surface area contributed by atoms with Gasteiger partial charge in [-0.25, -0.2) is 0 Å². The number of nitrogens with zero attached hydrogens (tertiary/aromatic N) is 1. The number of carbonyl (C=O) groups excluding carboxylic acids is 1. The minimum Gasteiger partial charge on any atom is -0.394 e. The van der Waals surface area contributed by atoms with E-state index in [1.807, 2.05) is 0 Å². The zero-order valence-corrected chi connectivity index (χ0v) is 8.85. The molecular formula is C11H14N2O3. The van der Waals surface area contributed by atoms with Crippen LogP contribution in [0.2, 0.25) is 0 Å². The Balaban J connectivity index is 2.22. The van der Waals surface area contributed by atoms with E-state index in [2.05, 4.69) is 4.98 Å². The van der Waals surface area contributed by atoms with Crippen molar-refractivity contribution >= 4 is 5.91 Å². The number of nitrogens with one attached hydrogen (secondary N) is 1. The second kappa shape index (κ2) is 4.49. The molecule has 2 heterocycles. The molecule has 0 bridgehead atoms. The number of hydrogen-bond donors (Lipinski definition) is 2. The fraction of sp³-hybridized carbons (Fsp3) is 0.455. The maximum atomic E-state index is 12.0. The van der Waals surface area contributed by atoms with Crippen LogP contribution in [0.3, 0.4) is 0 Å². The summed E-state index contributed by atoms with van der Waals surface area (Å²) < 4.78 is 0. The predicted octanol–water partition coefficient (Wildman–Crippen LogP) is -0.0282. The lowest BCUT2D eigenvalue weighted by Crippen LogP contribution is -2.37. The standard InChI is InChI=1S/C11H14N2O3/c14-7-9-2-1-5-13(9)11(16)8-3-4-12-10(15)6-8/h3-4,6,9,14H,1-2,5,7H2,(H,12,15). The second-order valence-electron chi connectivity index (χ2n) is 3.92. The summed E-state index contributed by atoms with van der Waals surface area (Å²) in [4.78, 5) is 27.2. The van der Waals surface area contributed by atoms with Crippen LogP contribution in [0, 0.1) is 0 Å². The largest absolute Gasteiger partial charge is 0.394 e. The third-order valence-corrected chi connectivity index (χ3v) is 2.87. The highest BCUT2D eigenvalue weighted by Gasteiger charge is 2.28. The van der Waals surface area contributed by atoms with E-state index in [1.165, 1.54) is 12.3 Å². The van der Waals surface area contributed by atoms with E-state index in [4.69, 9.17) is 5.11 Å². The Morgan fingerprint density at radius 3 is 3.12 bits per heavy atom. The first kappa shape index (κ1) is 10.9. The van der Waals surface area contributed by atoms with Gasteiger partial charge in [0.15, 0.2) is 0 Å². The molecule has 0 saturated carbocycles. The van der Waals surface area contributed by atoms with Crippen LogP contribution in [0.15, 0.2) is 23.1 Å². The van der Waals surface area contributed by atoms with Gasteiger partial charge < -0.3 is 15.0 Å². The van der Waals surface area contributed by atoms with Crippen molar-refractivity contribution < 1.29 is 9.90 Å². The summed E-state index contributed by atoms with van der Waals surface area (Å²) in [6, 6.07) is 2.76. The Hall–Kier alpha value is -1.62. The number of aliphatic hydroxyl groups is 1. The van der Waals surface area contributed by atoms with Crippen LogP contribution in [-0.4, -0.2) is 40.1 Å². The Morgan fingerprint density at radius 1 is 1.62 bits per heavy atom. The van der Waals surface area contributed by atoms with Crippen LogP contribution in [0.1, 0.15) is 23.2 Å². The number of rotatable bonds is 2. The molecule has 1 aromatic rings. The first-order valence-electron chi connectivity index (χ1n) is 5.33. The smallest absolute Gasteiger partial charge is 0.254 e. The van der Waals surface area contributed by atoms with E-state index in [1.54, 1.807) is 11.0 Å². The van der Waals surface area contributed by atoms with Gasteiger partial charge in [-0.05, 0) is 18.9 Å². The van der Waals surface area contributed by atoms with Crippen molar-refractivity contribution in [3.63, 3.8) is 0 Å². The molecule has 0 aromatic carbocycles.